The summed E-state index contributed by atoms with van der Waals surface area (Å²) in [5.41, 5.74) is 8.29. The van der Waals surface area contributed by atoms with Crippen LogP contribution in [0, 0.1) is 0 Å². The van der Waals surface area contributed by atoms with E-state index in [9.17, 15) is 0 Å². The van der Waals surface area contributed by atoms with E-state index in [0.29, 0.717) is 11.9 Å². The van der Waals surface area contributed by atoms with Crippen molar-refractivity contribution in [1.82, 2.24) is 9.97 Å². The van der Waals surface area contributed by atoms with Crippen LogP contribution in [0.1, 0.15) is 43.7 Å². The SMILES string of the molecule is Nc1nc(NCC2=CCCCC2)cc(C2CCOC2)n1. The van der Waals surface area contributed by atoms with E-state index in [4.69, 9.17) is 10.5 Å². The summed E-state index contributed by atoms with van der Waals surface area (Å²) in [7, 11) is 0. The van der Waals surface area contributed by atoms with Gasteiger partial charge in [-0.25, -0.2) is 4.98 Å². The first-order valence-corrected chi connectivity index (χ1v) is 7.45. The first kappa shape index (κ1) is 13.4. The van der Waals surface area contributed by atoms with Crippen molar-refractivity contribution in [3.63, 3.8) is 0 Å². The highest BCUT2D eigenvalue weighted by Crippen LogP contribution is 2.26. The maximum absolute atomic E-state index is 5.82. The zero-order chi connectivity index (χ0) is 13.8. The van der Waals surface area contributed by atoms with Gasteiger partial charge in [0.15, 0.2) is 0 Å². The summed E-state index contributed by atoms with van der Waals surface area (Å²) < 4.78 is 5.42. The van der Waals surface area contributed by atoms with E-state index >= 15 is 0 Å². The Bertz CT molecular complexity index is 495. The lowest BCUT2D eigenvalue weighted by Gasteiger charge is -2.15. The summed E-state index contributed by atoms with van der Waals surface area (Å²) in [6.45, 7) is 2.41. The molecular formula is C15H22N4O. The van der Waals surface area contributed by atoms with Crippen molar-refractivity contribution in [2.75, 3.05) is 30.8 Å². The van der Waals surface area contributed by atoms with Crippen LogP contribution < -0.4 is 11.1 Å². The van der Waals surface area contributed by atoms with Gasteiger partial charge in [-0.3, -0.25) is 0 Å². The van der Waals surface area contributed by atoms with Crippen LogP contribution in [0.3, 0.4) is 0 Å². The van der Waals surface area contributed by atoms with Crippen LogP contribution in [0.25, 0.3) is 0 Å². The number of rotatable bonds is 4. The van der Waals surface area contributed by atoms with Crippen molar-refractivity contribution in [3.05, 3.63) is 23.4 Å². The van der Waals surface area contributed by atoms with Crippen LogP contribution in [0.5, 0.6) is 0 Å². The number of hydrogen-bond acceptors (Lipinski definition) is 5. The number of allylic oxidation sites excluding steroid dienone is 1. The average molecular weight is 274 g/mol. The van der Waals surface area contributed by atoms with Gasteiger partial charge in [0.1, 0.15) is 5.82 Å². The van der Waals surface area contributed by atoms with E-state index in [1.807, 2.05) is 6.07 Å². The van der Waals surface area contributed by atoms with Gasteiger partial charge in [0.05, 0.1) is 12.3 Å². The summed E-state index contributed by atoms with van der Waals surface area (Å²) in [6.07, 6.45) is 8.36. The molecule has 1 atom stereocenters. The summed E-state index contributed by atoms with van der Waals surface area (Å²) in [5.74, 6) is 1.52. The number of nitrogens with two attached hydrogens (primary N) is 1. The van der Waals surface area contributed by atoms with Crippen molar-refractivity contribution in [3.8, 4) is 0 Å². The Hall–Kier alpha value is -1.62. The molecule has 108 valence electrons. The number of hydrogen-bond donors (Lipinski definition) is 2. The number of nitrogens with zero attached hydrogens (tertiary/aromatic N) is 2. The van der Waals surface area contributed by atoms with Crippen LogP contribution in [-0.2, 0) is 4.74 Å². The predicted molar refractivity (Wildman–Crippen MR) is 79.7 cm³/mol. The Morgan fingerprint density at radius 2 is 2.30 bits per heavy atom. The van der Waals surface area contributed by atoms with Crippen LogP contribution in [0.2, 0.25) is 0 Å². The molecule has 0 spiro atoms. The number of aromatic nitrogens is 2. The minimum absolute atomic E-state index is 0.342. The normalized spacial score (nSPS) is 22.6. The Balaban J connectivity index is 1.67. The number of anilines is 2. The lowest BCUT2D eigenvalue weighted by atomic mass is 10.00. The molecular weight excluding hydrogens is 252 g/mol. The largest absolute Gasteiger partial charge is 0.381 e. The molecule has 0 radical (unpaired) electrons. The second-order valence-corrected chi connectivity index (χ2v) is 5.56. The topological polar surface area (TPSA) is 73.1 Å². The molecule has 1 aliphatic carbocycles. The fourth-order valence-corrected chi connectivity index (χ4v) is 2.82. The van der Waals surface area contributed by atoms with Crippen molar-refractivity contribution in [1.29, 1.82) is 0 Å². The van der Waals surface area contributed by atoms with Crippen LogP contribution in [0.15, 0.2) is 17.7 Å². The molecule has 2 aliphatic rings. The zero-order valence-corrected chi connectivity index (χ0v) is 11.8. The quantitative estimate of drug-likeness (QED) is 0.825. The van der Waals surface area contributed by atoms with Crippen LogP contribution >= 0.6 is 0 Å². The molecule has 0 aromatic carbocycles. The molecule has 3 N–H and O–H groups in total. The third kappa shape index (κ3) is 3.28. The Morgan fingerprint density at radius 1 is 1.35 bits per heavy atom. The minimum Gasteiger partial charge on any atom is -0.381 e. The predicted octanol–water partition coefficient (Wildman–Crippen LogP) is 2.48. The van der Waals surface area contributed by atoms with Gasteiger partial charge >= 0.3 is 0 Å². The minimum atomic E-state index is 0.342. The van der Waals surface area contributed by atoms with E-state index in [1.165, 1.54) is 31.3 Å². The molecule has 1 saturated heterocycles. The van der Waals surface area contributed by atoms with Gasteiger partial charge < -0.3 is 15.8 Å². The zero-order valence-electron chi connectivity index (χ0n) is 11.8. The Kier molecular flexibility index (Phi) is 4.16. The summed E-state index contributed by atoms with van der Waals surface area (Å²) in [5, 5.41) is 3.38. The summed E-state index contributed by atoms with van der Waals surface area (Å²) >= 11 is 0. The van der Waals surface area contributed by atoms with Gasteiger partial charge in [-0.05, 0) is 32.1 Å². The molecule has 5 nitrogen and oxygen atoms in total. The fourth-order valence-electron chi connectivity index (χ4n) is 2.82. The highest BCUT2D eigenvalue weighted by molar-refractivity contribution is 5.42. The Labute approximate surface area is 119 Å². The number of nitrogen functional groups attached to an aromatic ring is 1. The number of nitrogens with one attached hydrogen (secondary N) is 1. The first-order valence-electron chi connectivity index (χ1n) is 7.45. The third-order valence-electron chi connectivity index (χ3n) is 3.99. The highest BCUT2D eigenvalue weighted by Gasteiger charge is 2.20. The summed E-state index contributed by atoms with van der Waals surface area (Å²) in [6, 6.07) is 2.01. The third-order valence-corrected chi connectivity index (χ3v) is 3.99. The smallest absolute Gasteiger partial charge is 0.222 e. The van der Waals surface area contributed by atoms with Crippen molar-refractivity contribution < 1.29 is 4.74 Å². The molecule has 2 heterocycles. The average Bonchev–Trinajstić information content (AvgIpc) is 3.00. The van der Waals surface area contributed by atoms with E-state index in [0.717, 1.165) is 37.7 Å². The molecule has 1 aliphatic heterocycles. The maximum Gasteiger partial charge on any atom is 0.222 e. The van der Waals surface area contributed by atoms with Gasteiger partial charge in [-0.1, -0.05) is 11.6 Å². The van der Waals surface area contributed by atoms with E-state index < -0.39 is 0 Å². The number of ether oxygens (including phenoxy) is 1. The van der Waals surface area contributed by atoms with Crippen molar-refractivity contribution in [2.45, 2.75) is 38.0 Å². The lowest BCUT2D eigenvalue weighted by molar-refractivity contribution is 0.193. The van der Waals surface area contributed by atoms with Crippen LogP contribution in [0.4, 0.5) is 11.8 Å². The Morgan fingerprint density at radius 3 is 3.05 bits per heavy atom. The molecule has 1 fully saturated rings. The second kappa shape index (κ2) is 6.22. The molecule has 20 heavy (non-hydrogen) atoms. The van der Waals surface area contributed by atoms with Gasteiger partial charge in [0, 0.05) is 25.1 Å². The van der Waals surface area contributed by atoms with Crippen molar-refractivity contribution >= 4 is 11.8 Å². The standard InChI is InChI=1S/C15H22N4O/c16-15-18-13(12-6-7-20-10-12)8-14(19-15)17-9-11-4-2-1-3-5-11/h4,8,12H,1-3,5-7,9-10H2,(H3,16,17,18,19). The molecule has 5 heteroatoms. The van der Waals surface area contributed by atoms with E-state index in [2.05, 4.69) is 21.4 Å². The van der Waals surface area contributed by atoms with Gasteiger partial charge in [-0.2, -0.15) is 4.98 Å². The molecule has 0 saturated carbocycles. The van der Waals surface area contributed by atoms with Gasteiger partial charge in [-0.15, -0.1) is 0 Å². The van der Waals surface area contributed by atoms with E-state index in [1.54, 1.807) is 0 Å². The van der Waals surface area contributed by atoms with Gasteiger partial charge in [0.2, 0.25) is 5.95 Å². The second-order valence-electron chi connectivity index (χ2n) is 5.56. The maximum atomic E-state index is 5.82. The van der Waals surface area contributed by atoms with Gasteiger partial charge in [0.25, 0.3) is 0 Å². The molecule has 0 bridgehead atoms. The summed E-state index contributed by atoms with van der Waals surface area (Å²) in [4.78, 5) is 8.62. The monoisotopic (exact) mass is 274 g/mol. The molecule has 1 aromatic heterocycles. The fraction of sp³-hybridized carbons (Fsp3) is 0.600. The van der Waals surface area contributed by atoms with Crippen LogP contribution in [-0.4, -0.2) is 29.7 Å². The highest BCUT2D eigenvalue weighted by atomic mass is 16.5. The molecule has 1 unspecified atom stereocenters. The van der Waals surface area contributed by atoms with E-state index in [-0.39, 0.29) is 0 Å². The first-order chi connectivity index (χ1) is 9.81. The van der Waals surface area contributed by atoms with Crippen molar-refractivity contribution in [2.24, 2.45) is 0 Å². The molecule has 1 aromatic rings. The molecule has 0 amide bonds. The lowest BCUT2D eigenvalue weighted by Crippen LogP contribution is -2.12. The molecule has 3 rings (SSSR count).